The lowest BCUT2D eigenvalue weighted by Crippen LogP contribution is -2.23. The van der Waals surface area contributed by atoms with Gasteiger partial charge in [-0.05, 0) is 13.0 Å². The van der Waals surface area contributed by atoms with E-state index in [2.05, 4.69) is 15.5 Å². The summed E-state index contributed by atoms with van der Waals surface area (Å²) < 4.78 is 38.8. The number of non-ortho nitro benzene ring substituents is 1. The molecule has 1 N–H and O–H groups in total. The van der Waals surface area contributed by atoms with Crippen molar-refractivity contribution in [3.63, 3.8) is 0 Å². The SMILES string of the molecule is CC(Sc1nnc(C(F)(F)F)n1C)C(=O)Nc1cccc([N+](=O)[O-])c1. The van der Waals surface area contributed by atoms with Crippen LogP contribution >= 0.6 is 11.8 Å². The first-order valence-electron chi connectivity index (χ1n) is 6.78. The van der Waals surface area contributed by atoms with Crippen molar-refractivity contribution in [3.8, 4) is 0 Å². The lowest BCUT2D eigenvalue weighted by molar-refractivity contribution is -0.384. The Hall–Kier alpha value is -2.63. The Morgan fingerprint density at radius 3 is 2.64 bits per heavy atom. The third-order valence-corrected chi connectivity index (χ3v) is 4.20. The summed E-state index contributed by atoms with van der Waals surface area (Å²) in [7, 11) is 1.15. The van der Waals surface area contributed by atoms with Crippen molar-refractivity contribution >= 4 is 29.0 Å². The molecule has 1 atom stereocenters. The van der Waals surface area contributed by atoms with E-state index in [0.29, 0.717) is 0 Å². The van der Waals surface area contributed by atoms with Crippen LogP contribution in [0.25, 0.3) is 0 Å². The first-order valence-corrected chi connectivity index (χ1v) is 7.66. The van der Waals surface area contributed by atoms with E-state index in [9.17, 15) is 28.1 Å². The molecule has 1 aromatic heterocycles. The first-order chi connectivity index (χ1) is 11.6. The maximum absolute atomic E-state index is 12.7. The maximum atomic E-state index is 12.7. The number of nitrogens with one attached hydrogen (secondary N) is 1. The van der Waals surface area contributed by atoms with Gasteiger partial charge in [-0.15, -0.1) is 10.2 Å². The minimum atomic E-state index is -4.64. The van der Waals surface area contributed by atoms with E-state index in [-0.39, 0.29) is 16.5 Å². The Kier molecular flexibility index (Phi) is 5.30. The summed E-state index contributed by atoms with van der Waals surface area (Å²) in [6.07, 6.45) is -4.64. The fourth-order valence-corrected chi connectivity index (χ4v) is 2.63. The van der Waals surface area contributed by atoms with Gasteiger partial charge in [0.05, 0.1) is 10.2 Å². The molecule has 0 radical (unpaired) electrons. The van der Waals surface area contributed by atoms with Gasteiger partial charge >= 0.3 is 6.18 Å². The number of carbonyl (C=O) groups is 1. The van der Waals surface area contributed by atoms with Crippen LogP contribution in [-0.4, -0.2) is 30.8 Å². The zero-order valence-corrected chi connectivity index (χ0v) is 13.8. The number of hydrogen-bond acceptors (Lipinski definition) is 6. The molecule has 0 aliphatic carbocycles. The van der Waals surface area contributed by atoms with Gasteiger partial charge in [-0.2, -0.15) is 13.2 Å². The molecule has 0 fully saturated rings. The number of amides is 1. The van der Waals surface area contributed by atoms with Gasteiger partial charge in [-0.3, -0.25) is 14.9 Å². The van der Waals surface area contributed by atoms with E-state index >= 15 is 0 Å². The van der Waals surface area contributed by atoms with Crippen molar-refractivity contribution < 1.29 is 22.9 Å². The van der Waals surface area contributed by atoms with Crippen LogP contribution < -0.4 is 5.32 Å². The molecule has 134 valence electrons. The topological polar surface area (TPSA) is 103 Å². The molecular weight excluding hydrogens is 363 g/mol. The predicted molar refractivity (Wildman–Crippen MR) is 83.1 cm³/mol. The average molecular weight is 375 g/mol. The number of benzene rings is 1. The molecule has 0 aliphatic rings. The highest BCUT2D eigenvalue weighted by molar-refractivity contribution is 8.00. The molecule has 0 saturated heterocycles. The number of nitro benzene ring substituents is 1. The fraction of sp³-hybridized carbons (Fsp3) is 0.308. The molecule has 0 saturated carbocycles. The van der Waals surface area contributed by atoms with E-state index in [4.69, 9.17) is 0 Å². The number of alkyl halides is 3. The van der Waals surface area contributed by atoms with Gasteiger partial charge in [0.25, 0.3) is 5.69 Å². The van der Waals surface area contributed by atoms with Gasteiger partial charge in [-0.25, -0.2) is 0 Å². The summed E-state index contributed by atoms with van der Waals surface area (Å²) in [5.41, 5.74) is 0.0156. The van der Waals surface area contributed by atoms with Crippen molar-refractivity contribution in [2.24, 2.45) is 7.05 Å². The van der Waals surface area contributed by atoms with Crippen LogP contribution in [-0.2, 0) is 18.0 Å². The van der Waals surface area contributed by atoms with Gasteiger partial charge < -0.3 is 9.88 Å². The number of rotatable bonds is 5. The van der Waals surface area contributed by atoms with E-state index in [0.717, 1.165) is 23.4 Å². The van der Waals surface area contributed by atoms with E-state index < -0.39 is 28.1 Å². The van der Waals surface area contributed by atoms with Gasteiger partial charge in [0, 0.05) is 24.9 Å². The molecule has 0 spiro atoms. The second-order valence-corrected chi connectivity index (χ2v) is 6.23. The summed E-state index contributed by atoms with van der Waals surface area (Å²) in [5.74, 6) is -1.71. The third-order valence-electron chi connectivity index (χ3n) is 3.06. The Morgan fingerprint density at radius 2 is 2.08 bits per heavy atom. The van der Waals surface area contributed by atoms with Crippen LogP contribution in [0.15, 0.2) is 29.4 Å². The Balaban J connectivity index is 2.07. The summed E-state index contributed by atoms with van der Waals surface area (Å²) in [6, 6.07) is 5.32. The smallest absolute Gasteiger partial charge is 0.325 e. The van der Waals surface area contributed by atoms with Crippen LogP contribution in [0.5, 0.6) is 0 Å². The Morgan fingerprint density at radius 1 is 1.40 bits per heavy atom. The molecule has 1 unspecified atom stereocenters. The third kappa shape index (κ3) is 4.47. The van der Waals surface area contributed by atoms with Gasteiger partial charge in [-0.1, -0.05) is 17.8 Å². The van der Waals surface area contributed by atoms with E-state index in [1.165, 1.54) is 31.2 Å². The summed E-state index contributed by atoms with van der Waals surface area (Å²) in [5, 5.41) is 18.8. The van der Waals surface area contributed by atoms with Crippen LogP contribution in [0.1, 0.15) is 12.7 Å². The number of nitrogens with zero attached hydrogens (tertiary/aromatic N) is 4. The summed E-state index contributed by atoms with van der Waals surface area (Å²) in [6.45, 7) is 1.47. The van der Waals surface area contributed by atoms with Gasteiger partial charge in [0.2, 0.25) is 11.7 Å². The molecule has 8 nitrogen and oxygen atoms in total. The second-order valence-electron chi connectivity index (χ2n) is 4.92. The van der Waals surface area contributed by atoms with Gasteiger partial charge in [0.15, 0.2) is 5.16 Å². The van der Waals surface area contributed by atoms with Crippen LogP contribution in [0.2, 0.25) is 0 Å². The number of halogens is 3. The highest BCUT2D eigenvalue weighted by Crippen LogP contribution is 2.31. The quantitative estimate of drug-likeness (QED) is 0.490. The minimum absolute atomic E-state index is 0.0750. The van der Waals surface area contributed by atoms with Crippen LogP contribution in [0, 0.1) is 10.1 Å². The largest absolute Gasteiger partial charge is 0.451 e. The van der Waals surface area contributed by atoms with Crippen molar-refractivity contribution in [1.29, 1.82) is 0 Å². The highest BCUT2D eigenvalue weighted by atomic mass is 32.2. The monoisotopic (exact) mass is 375 g/mol. The van der Waals surface area contributed by atoms with Crippen molar-refractivity contribution in [2.75, 3.05) is 5.32 Å². The minimum Gasteiger partial charge on any atom is -0.325 e. The lowest BCUT2D eigenvalue weighted by atomic mass is 10.2. The lowest BCUT2D eigenvalue weighted by Gasteiger charge is -2.12. The number of anilines is 1. The molecule has 25 heavy (non-hydrogen) atoms. The standard InChI is InChI=1S/C13H12F3N5O3S/c1-7(25-12-19-18-11(20(12)2)13(14,15)16)10(22)17-8-4-3-5-9(6-8)21(23)24/h3-7H,1-2H3,(H,17,22). The van der Waals surface area contributed by atoms with E-state index in [1.807, 2.05) is 0 Å². The van der Waals surface area contributed by atoms with Crippen LogP contribution in [0.3, 0.4) is 0 Å². The number of thioether (sulfide) groups is 1. The predicted octanol–water partition coefficient (Wildman–Crippen LogP) is 2.86. The highest BCUT2D eigenvalue weighted by Gasteiger charge is 2.37. The van der Waals surface area contributed by atoms with Crippen molar-refractivity contribution in [3.05, 3.63) is 40.2 Å². The molecule has 2 aromatic rings. The number of hydrogen-bond donors (Lipinski definition) is 1. The molecular formula is C13H12F3N5O3S. The average Bonchev–Trinajstić information content (AvgIpc) is 2.88. The van der Waals surface area contributed by atoms with Gasteiger partial charge in [0.1, 0.15) is 0 Å². The normalized spacial score (nSPS) is 12.7. The molecule has 2 rings (SSSR count). The summed E-state index contributed by atoms with van der Waals surface area (Å²) in [4.78, 5) is 22.2. The number of aromatic nitrogens is 3. The zero-order chi connectivity index (χ0) is 18.8. The number of nitro groups is 1. The first kappa shape index (κ1) is 18.7. The zero-order valence-electron chi connectivity index (χ0n) is 12.9. The summed E-state index contributed by atoms with van der Waals surface area (Å²) >= 11 is 0.788. The van der Waals surface area contributed by atoms with Crippen molar-refractivity contribution in [2.45, 2.75) is 23.5 Å². The van der Waals surface area contributed by atoms with Crippen molar-refractivity contribution in [1.82, 2.24) is 14.8 Å². The Labute approximate surface area is 143 Å². The molecule has 1 aromatic carbocycles. The molecule has 0 bridgehead atoms. The molecule has 12 heteroatoms. The molecule has 0 aliphatic heterocycles. The van der Waals surface area contributed by atoms with E-state index in [1.54, 1.807) is 0 Å². The number of carbonyl (C=O) groups excluding carboxylic acids is 1. The maximum Gasteiger partial charge on any atom is 0.451 e. The fourth-order valence-electron chi connectivity index (χ4n) is 1.82. The second kappa shape index (κ2) is 7.09. The Bertz CT molecular complexity index is 808. The van der Waals surface area contributed by atoms with Crippen LogP contribution in [0.4, 0.5) is 24.5 Å². The molecule has 1 amide bonds. The molecule has 1 heterocycles.